The van der Waals surface area contributed by atoms with E-state index in [1.165, 1.54) is 6.07 Å². The van der Waals surface area contributed by atoms with Crippen molar-refractivity contribution in [2.45, 2.75) is 19.4 Å². The molecule has 1 rings (SSSR count). The first-order valence-corrected chi connectivity index (χ1v) is 6.52. The van der Waals surface area contributed by atoms with Crippen molar-refractivity contribution in [1.29, 1.82) is 0 Å². The van der Waals surface area contributed by atoms with Crippen molar-refractivity contribution in [2.75, 3.05) is 33.5 Å². The number of phenolic OH excluding ortho intramolecular Hbond substituents is 2. The maximum atomic E-state index is 9.34. The highest BCUT2D eigenvalue weighted by atomic mass is 16.5. The maximum Gasteiger partial charge on any atom is 0.157 e. The summed E-state index contributed by atoms with van der Waals surface area (Å²) < 4.78 is 10.4. The molecule has 1 aromatic rings. The molecular formula is C14H23NO4. The lowest BCUT2D eigenvalue weighted by atomic mass is 10.2. The highest BCUT2D eigenvalue weighted by molar-refractivity contribution is 5.40. The lowest BCUT2D eigenvalue weighted by Gasteiger charge is -2.07. The maximum absolute atomic E-state index is 9.34. The van der Waals surface area contributed by atoms with Crippen LogP contribution in [0.4, 0.5) is 0 Å². The molecule has 0 unspecified atom stereocenters. The number of hydrogen-bond donors (Lipinski definition) is 3. The molecule has 0 amide bonds. The lowest BCUT2D eigenvalue weighted by Crippen LogP contribution is -2.16. The van der Waals surface area contributed by atoms with Gasteiger partial charge >= 0.3 is 0 Å². The highest BCUT2D eigenvalue weighted by Gasteiger charge is 2.00. The minimum atomic E-state index is -0.0896. The second kappa shape index (κ2) is 9.61. The molecule has 0 bridgehead atoms. The fraction of sp³-hybridized carbons (Fsp3) is 0.571. The highest BCUT2D eigenvalue weighted by Crippen LogP contribution is 2.24. The molecule has 0 aliphatic heterocycles. The number of nitrogens with one attached hydrogen (secondary N) is 1. The summed E-state index contributed by atoms with van der Waals surface area (Å²) in [5.74, 6) is -0.172. The molecule has 1 aromatic carbocycles. The van der Waals surface area contributed by atoms with Gasteiger partial charge in [-0.1, -0.05) is 6.07 Å². The zero-order valence-electron chi connectivity index (χ0n) is 11.4. The Morgan fingerprint density at radius 1 is 1.05 bits per heavy atom. The van der Waals surface area contributed by atoms with E-state index in [1.54, 1.807) is 19.2 Å². The Labute approximate surface area is 114 Å². The van der Waals surface area contributed by atoms with Crippen molar-refractivity contribution in [3.05, 3.63) is 23.8 Å². The van der Waals surface area contributed by atoms with E-state index in [-0.39, 0.29) is 11.5 Å². The fourth-order valence-corrected chi connectivity index (χ4v) is 1.62. The van der Waals surface area contributed by atoms with Gasteiger partial charge in [0, 0.05) is 33.5 Å². The molecule has 0 heterocycles. The zero-order valence-corrected chi connectivity index (χ0v) is 11.4. The van der Waals surface area contributed by atoms with Crippen molar-refractivity contribution in [3.8, 4) is 11.5 Å². The summed E-state index contributed by atoms with van der Waals surface area (Å²) >= 11 is 0. The van der Waals surface area contributed by atoms with Crippen LogP contribution in [-0.2, 0) is 16.0 Å². The number of aromatic hydroxyl groups is 2. The van der Waals surface area contributed by atoms with Gasteiger partial charge in [0.05, 0.1) is 0 Å². The SMILES string of the molecule is COCCCOCCCNCc1ccc(O)c(O)c1. The Morgan fingerprint density at radius 3 is 2.58 bits per heavy atom. The van der Waals surface area contributed by atoms with Gasteiger partial charge in [-0.3, -0.25) is 0 Å². The zero-order chi connectivity index (χ0) is 13.9. The first-order chi connectivity index (χ1) is 9.24. The lowest BCUT2D eigenvalue weighted by molar-refractivity contribution is 0.101. The van der Waals surface area contributed by atoms with Crippen LogP contribution in [0.3, 0.4) is 0 Å². The van der Waals surface area contributed by atoms with E-state index in [4.69, 9.17) is 9.47 Å². The van der Waals surface area contributed by atoms with Gasteiger partial charge < -0.3 is 25.0 Å². The molecule has 5 nitrogen and oxygen atoms in total. The molecule has 108 valence electrons. The molecule has 0 spiro atoms. The number of methoxy groups -OCH3 is 1. The molecule has 19 heavy (non-hydrogen) atoms. The Hall–Kier alpha value is -1.30. The summed E-state index contributed by atoms with van der Waals surface area (Å²) in [6.45, 7) is 3.73. The average molecular weight is 269 g/mol. The van der Waals surface area contributed by atoms with Gasteiger partial charge in [0.1, 0.15) is 0 Å². The Balaban J connectivity index is 2.00. The Kier molecular flexibility index (Phi) is 7.97. The monoisotopic (exact) mass is 269 g/mol. The van der Waals surface area contributed by atoms with Crippen molar-refractivity contribution in [3.63, 3.8) is 0 Å². The van der Waals surface area contributed by atoms with Gasteiger partial charge in [0.15, 0.2) is 11.5 Å². The minimum Gasteiger partial charge on any atom is -0.504 e. The second-order valence-electron chi connectivity index (χ2n) is 4.31. The number of benzene rings is 1. The van der Waals surface area contributed by atoms with E-state index < -0.39 is 0 Å². The van der Waals surface area contributed by atoms with E-state index in [0.717, 1.165) is 44.8 Å². The number of phenols is 2. The third kappa shape index (κ3) is 7.00. The van der Waals surface area contributed by atoms with Crippen LogP contribution >= 0.6 is 0 Å². The molecule has 0 fully saturated rings. The molecule has 0 radical (unpaired) electrons. The Bertz CT molecular complexity index is 357. The molecule has 0 saturated carbocycles. The van der Waals surface area contributed by atoms with Gasteiger partial charge in [-0.05, 0) is 37.1 Å². The first-order valence-electron chi connectivity index (χ1n) is 6.52. The van der Waals surface area contributed by atoms with Crippen molar-refractivity contribution in [1.82, 2.24) is 5.32 Å². The number of rotatable bonds is 10. The van der Waals surface area contributed by atoms with Crippen LogP contribution in [0.15, 0.2) is 18.2 Å². The van der Waals surface area contributed by atoms with E-state index in [1.807, 2.05) is 0 Å². The van der Waals surface area contributed by atoms with E-state index >= 15 is 0 Å². The molecule has 0 atom stereocenters. The molecule has 0 saturated heterocycles. The summed E-state index contributed by atoms with van der Waals surface area (Å²) in [5, 5.41) is 21.8. The van der Waals surface area contributed by atoms with Crippen LogP contribution in [0.2, 0.25) is 0 Å². The number of ether oxygens (including phenoxy) is 2. The van der Waals surface area contributed by atoms with Crippen LogP contribution < -0.4 is 5.32 Å². The van der Waals surface area contributed by atoms with Gasteiger partial charge in [-0.2, -0.15) is 0 Å². The summed E-state index contributed by atoms with van der Waals surface area (Å²) in [6.07, 6.45) is 1.87. The van der Waals surface area contributed by atoms with Crippen molar-refractivity contribution < 1.29 is 19.7 Å². The van der Waals surface area contributed by atoms with Gasteiger partial charge in [-0.25, -0.2) is 0 Å². The molecule has 3 N–H and O–H groups in total. The summed E-state index contributed by atoms with van der Waals surface area (Å²) in [7, 11) is 1.69. The average Bonchev–Trinajstić information content (AvgIpc) is 2.41. The van der Waals surface area contributed by atoms with Crippen LogP contribution in [0.5, 0.6) is 11.5 Å². The second-order valence-corrected chi connectivity index (χ2v) is 4.31. The van der Waals surface area contributed by atoms with Gasteiger partial charge in [0.25, 0.3) is 0 Å². The van der Waals surface area contributed by atoms with E-state index in [0.29, 0.717) is 6.54 Å². The molecule has 0 aromatic heterocycles. The fourth-order valence-electron chi connectivity index (χ4n) is 1.62. The van der Waals surface area contributed by atoms with Crippen molar-refractivity contribution >= 4 is 0 Å². The van der Waals surface area contributed by atoms with Crippen LogP contribution in [0.1, 0.15) is 18.4 Å². The molecule has 0 aliphatic rings. The summed E-state index contributed by atoms with van der Waals surface area (Å²) in [6, 6.07) is 4.83. The van der Waals surface area contributed by atoms with Crippen LogP contribution in [-0.4, -0.2) is 43.7 Å². The van der Waals surface area contributed by atoms with E-state index in [9.17, 15) is 10.2 Å². The third-order valence-electron chi connectivity index (χ3n) is 2.65. The topological polar surface area (TPSA) is 71.0 Å². The first kappa shape index (κ1) is 15.8. The standard InChI is InChI=1S/C14H23NO4/c1-18-7-3-9-19-8-2-6-15-11-12-4-5-13(16)14(17)10-12/h4-5,10,15-17H,2-3,6-9,11H2,1H3. The molecule has 0 aliphatic carbocycles. The Morgan fingerprint density at radius 2 is 1.84 bits per heavy atom. The minimum absolute atomic E-state index is 0.0826. The smallest absolute Gasteiger partial charge is 0.157 e. The van der Waals surface area contributed by atoms with Gasteiger partial charge in [-0.15, -0.1) is 0 Å². The predicted molar refractivity (Wildman–Crippen MR) is 73.4 cm³/mol. The predicted octanol–water partition coefficient (Wildman–Crippen LogP) is 1.63. The van der Waals surface area contributed by atoms with E-state index in [2.05, 4.69) is 5.32 Å². The summed E-state index contributed by atoms with van der Waals surface area (Å²) in [4.78, 5) is 0. The summed E-state index contributed by atoms with van der Waals surface area (Å²) in [5.41, 5.74) is 0.941. The third-order valence-corrected chi connectivity index (χ3v) is 2.65. The largest absolute Gasteiger partial charge is 0.504 e. The number of hydrogen-bond acceptors (Lipinski definition) is 5. The molecular weight excluding hydrogens is 246 g/mol. The molecule has 5 heteroatoms. The quantitative estimate of drug-likeness (QED) is 0.445. The van der Waals surface area contributed by atoms with Crippen molar-refractivity contribution in [2.24, 2.45) is 0 Å². The van der Waals surface area contributed by atoms with Crippen LogP contribution in [0, 0.1) is 0 Å². The normalized spacial score (nSPS) is 10.8. The van der Waals surface area contributed by atoms with Crippen LogP contribution in [0.25, 0.3) is 0 Å². The van der Waals surface area contributed by atoms with Gasteiger partial charge in [0.2, 0.25) is 0 Å².